The highest BCUT2D eigenvalue weighted by Gasteiger charge is 2.30. The van der Waals surface area contributed by atoms with E-state index < -0.39 is 22.0 Å². The minimum atomic E-state index is -3.73. The van der Waals surface area contributed by atoms with E-state index >= 15 is 0 Å². The predicted molar refractivity (Wildman–Crippen MR) is 123 cm³/mol. The lowest BCUT2D eigenvalue weighted by atomic mass is 9.89. The van der Waals surface area contributed by atoms with Crippen LogP contribution in [-0.2, 0) is 27.7 Å². The lowest BCUT2D eigenvalue weighted by Crippen LogP contribution is -2.48. The van der Waals surface area contributed by atoms with Crippen LogP contribution in [-0.4, -0.2) is 26.6 Å². The van der Waals surface area contributed by atoms with Crippen LogP contribution in [0.4, 0.5) is 5.69 Å². The maximum Gasteiger partial charge on any atom is 0.244 e. The van der Waals surface area contributed by atoms with Crippen LogP contribution in [0, 0.1) is 0 Å². The maximum absolute atomic E-state index is 13.0. The highest BCUT2D eigenvalue weighted by molar-refractivity contribution is 7.92. The molecule has 1 aliphatic carbocycles. The average Bonchev–Trinajstić information content (AvgIpc) is 2.69. The lowest BCUT2D eigenvalue weighted by molar-refractivity contribution is -0.122. The Morgan fingerprint density at radius 2 is 1.67 bits per heavy atom. The first-order valence-electron chi connectivity index (χ1n) is 9.94. The number of benzene rings is 2. The second-order valence-electron chi connectivity index (χ2n) is 7.80. The number of nitrogens with one attached hydrogen (secondary N) is 1. The molecule has 30 heavy (non-hydrogen) atoms. The van der Waals surface area contributed by atoms with Crippen LogP contribution in [0.25, 0.3) is 0 Å². The molecule has 0 radical (unpaired) electrons. The molecule has 5 nitrogen and oxygen atoms in total. The third kappa shape index (κ3) is 5.10. The zero-order chi connectivity index (χ0) is 22.1. The van der Waals surface area contributed by atoms with E-state index in [4.69, 9.17) is 23.2 Å². The fraction of sp³-hybridized carbons (Fsp3) is 0.409. The Kier molecular flexibility index (Phi) is 7.00. The number of fused-ring (bicyclic) bond motifs is 1. The molecule has 0 heterocycles. The van der Waals surface area contributed by atoms with Gasteiger partial charge in [-0.25, -0.2) is 8.42 Å². The van der Waals surface area contributed by atoms with Crippen LogP contribution in [0.2, 0.25) is 10.0 Å². The van der Waals surface area contributed by atoms with E-state index in [1.54, 1.807) is 6.92 Å². The molecule has 1 aliphatic rings. The zero-order valence-electron chi connectivity index (χ0n) is 17.3. The molecule has 3 rings (SSSR count). The average molecular weight is 469 g/mol. The topological polar surface area (TPSA) is 66.5 Å². The molecule has 2 atom stereocenters. The van der Waals surface area contributed by atoms with Gasteiger partial charge < -0.3 is 5.32 Å². The number of aryl methyl sites for hydroxylation is 2. The molecule has 1 amide bonds. The van der Waals surface area contributed by atoms with Gasteiger partial charge in [-0.1, -0.05) is 41.4 Å². The van der Waals surface area contributed by atoms with Gasteiger partial charge in [-0.3, -0.25) is 9.10 Å². The molecule has 2 unspecified atom stereocenters. The molecule has 0 aromatic heterocycles. The fourth-order valence-corrected chi connectivity index (χ4v) is 5.33. The van der Waals surface area contributed by atoms with Gasteiger partial charge in [0, 0.05) is 0 Å². The molecule has 2 aromatic rings. The van der Waals surface area contributed by atoms with Crippen LogP contribution in [0.3, 0.4) is 0 Å². The van der Waals surface area contributed by atoms with Gasteiger partial charge in [0.15, 0.2) is 0 Å². The summed E-state index contributed by atoms with van der Waals surface area (Å²) in [4.78, 5) is 13.0. The molecule has 2 aromatic carbocycles. The number of halogens is 2. The molecule has 1 N–H and O–H groups in total. The number of rotatable bonds is 6. The highest BCUT2D eigenvalue weighted by atomic mass is 35.5. The molecule has 162 valence electrons. The minimum Gasteiger partial charge on any atom is -0.348 e. The highest BCUT2D eigenvalue weighted by Crippen LogP contribution is 2.30. The van der Waals surface area contributed by atoms with Crippen LogP contribution < -0.4 is 9.62 Å². The third-order valence-electron chi connectivity index (χ3n) is 5.48. The Bertz CT molecular complexity index is 1060. The molecule has 0 spiro atoms. The summed E-state index contributed by atoms with van der Waals surface area (Å²) in [6.45, 7) is 3.46. The van der Waals surface area contributed by atoms with Gasteiger partial charge in [0.2, 0.25) is 15.9 Å². The molecule has 0 saturated heterocycles. The third-order valence-corrected chi connectivity index (χ3v) is 7.46. The van der Waals surface area contributed by atoms with Crippen molar-refractivity contribution in [3.05, 3.63) is 63.1 Å². The SMILES string of the molecule is CC(NC(=O)C(C)N(c1ccc(Cl)c(Cl)c1)S(C)(=O)=O)c1ccc2c(c1)CCCC2. The molecular weight excluding hydrogens is 443 g/mol. The molecule has 0 bridgehead atoms. The van der Waals surface area contributed by atoms with E-state index in [1.165, 1.54) is 42.2 Å². The first-order valence-corrected chi connectivity index (χ1v) is 12.5. The summed E-state index contributed by atoms with van der Waals surface area (Å²) in [6, 6.07) is 9.60. The van der Waals surface area contributed by atoms with Gasteiger partial charge in [-0.2, -0.15) is 0 Å². The molecule has 0 aliphatic heterocycles. The Morgan fingerprint density at radius 1 is 1.00 bits per heavy atom. The van der Waals surface area contributed by atoms with Crippen molar-refractivity contribution in [3.63, 3.8) is 0 Å². The van der Waals surface area contributed by atoms with Crippen LogP contribution in [0.1, 0.15) is 49.4 Å². The minimum absolute atomic E-state index is 0.220. The van der Waals surface area contributed by atoms with Crippen molar-refractivity contribution >= 4 is 44.8 Å². The summed E-state index contributed by atoms with van der Waals surface area (Å²) in [6.07, 6.45) is 5.61. The van der Waals surface area contributed by atoms with E-state index in [-0.39, 0.29) is 16.8 Å². The number of nitrogens with zero attached hydrogens (tertiary/aromatic N) is 1. The quantitative estimate of drug-likeness (QED) is 0.654. The standard InChI is InChI=1S/C22H26Cl2N2O3S/c1-14(17-9-8-16-6-4-5-7-18(16)12-17)25-22(27)15(2)26(30(3,28)29)19-10-11-20(23)21(24)13-19/h8-15H,4-7H2,1-3H3,(H,25,27). The van der Waals surface area contributed by atoms with Crippen molar-refractivity contribution < 1.29 is 13.2 Å². The van der Waals surface area contributed by atoms with E-state index in [2.05, 4.69) is 17.4 Å². The largest absolute Gasteiger partial charge is 0.348 e. The van der Waals surface area contributed by atoms with Crippen molar-refractivity contribution in [1.82, 2.24) is 5.32 Å². The van der Waals surface area contributed by atoms with E-state index in [0.29, 0.717) is 5.02 Å². The number of carbonyl (C=O) groups excluding carboxylic acids is 1. The molecular formula is C22H26Cl2N2O3S. The molecule has 0 saturated carbocycles. The van der Waals surface area contributed by atoms with E-state index in [1.807, 2.05) is 13.0 Å². The normalized spacial score (nSPS) is 15.8. The number of amides is 1. The Labute approximate surface area is 188 Å². The molecule has 0 fully saturated rings. The second kappa shape index (κ2) is 9.16. The van der Waals surface area contributed by atoms with Gasteiger partial charge in [0.1, 0.15) is 6.04 Å². The summed E-state index contributed by atoms with van der Waals surface area (Å²) in [5.74, 6) is -0.392. The Balaban J connectivity index is 1.80. The summed E-state index contributed by atoms with van der Waals surface area (Å²) >= 11 is 12.0. The van der Waals surface area contributed by atoms with Crippen molar-refractivity contribution in [2.45, 2.75) is 51.6 Å². The van der Waals surface area contributed by atoms with Crippen LogP contribution in [0.5, 0.6) is 0 Å². The van der Waals surface area contributed by atoms with E-state index in [0.717, 1.165) is 29.0 Å². The van der Waals surface area contributed by atoms with Gasteiger partial charge >= 0.3 is 0 Å². The van der Waals surface area contributed by atoms with Gasteiger partial charge in [-0.15, -0.1) is 0 Å². The summed E-state index contributed by atoms with van der Waals surface area (Å²) in [5.41, 5.74) is 4.01. The first kappa shape index (κ1) is 22.9. The first-order chi connectivity index (χ1) is 14.1. The van der Waals surface area contributed by atoms with E-state index in [9.17, 15) is 13.2 Å². The van der Waals surface area contributed by atoms with Crippen molar-refractivity contribution in [2.75, 3.05) is 10.6 Å². The number of carbonyl (C=O) groups is 1. The predicted octanol–water partition coefficient (Wildman–Crippen LogP) is 4.90. The van der Waals surface area contributed by atoms with Gasteiger partial charge in [-0.05, 0) is 74.4 Å². The fourth-order valence-electron chi connectivity index (χ4n) is 3.87. The van der Waals surface area contributed by atoms with Crippen molar-refractivity contribution in [2.24, 2.45) is 0 Å². The van der Waals surface area contributed by atoms with Crippen LogP contribution in [0.15, 0.2) is 36.4 Å². The summed E-state index contributed by atoms with van der Waals surface area (Å²) in [7, 11) is -3.73. The number of hydrogen-bond donors (Lipinski definition) is 1. The van der Waals surface area contributed by atoms with Crippen LogP contribution >= 0.6 is 23.2 Å². The van der Waals surface area contributed by atoms with Gasteiger partial charge in [0.05, 0.1) is 28.0 Å². The summed E-state index contributed by atoms with van der Waals surface area (Å²) < 4.78 is 26.0. The monoisotopic (exact) mass is 468 g/mol. The van der Waals surface area contributed by atoms with Crippen molar-refractivity contribution in [1.29, 1.82) is 0 Å². The molecule has 8 heteroatoms. The number of anilines is 1. The van der Waals surface area contributed by atoms with Gasteiger partial charge in [0.25, 0.3) is 0 Å². The zero-order valence-corrected chi connectivity index (χ0v) is 19.6. The maximum atomic E-state index is 13.0. The number of sulfonamides is 1. The lowest BCUT2D eigenvalue weighted by Gasteiger charge is -2.29. The number of hydrogen-bond acceptors (Lipinski definition) is 3. The summed E-state index contributed by atoms with van der Waals surface area (Å²) in [5, 5.41) is 3.48. The van der Waals surface area contributed by atoms with Crippen molar-refractivity contribution in [3.8, 4) is 0 Å². The smallest absolute Gasteiger partial charge is 0.244 e. The Morgan fingerprint density at radius 3 is 2.30 bits per heavy atom. The Hall–Kier alpha value is -1.76. The second-order valence-corrected chi connectivity index (χ2v) is 10.5.